The van der Waals surface area contributed by atoms with Crippen molar-refractivity contribution in [2.75, 3.05) is 0 Å². The average molecular weight is 401 g/mol. The molecule has 3 aromatic rings. The Morgan fingerprint density at radius 2 is 1.95 bits per heavy atom. The lowest BCUT2D eigenvalue weighted by Gasteiger charge is -2.14. The molecule has 0 radical (unpaired) electrons. The van der Waals surface area contributed by atoms with Crippen LogP contribution < -0.4 is 0 Å². The first kappa shape index (κ1) is 13.4. The fourth-order valence-electron chi connectivity index (χ4n) is 2.12. The number of benzene rings is 2. The summed E-state index contributed by atoms with van der Waals surface area (Å²) in [5, 5.41) is 14.5. The fourth-order valence-corrected chi connectivity index (χ4v) is 3.87. The number of fused-ring (bicyclic) bond motifs is 1. The Bertz CT molecular complexity index is 738. The Balaban J connectivity index is 2.15. The lowest BCUT2D eigenvalue weighted by Crippen LogP contribution is -2.02. The molecule has 0 bridgehead atoms. The van der Waals surface area contributed by atoms with Crippen LogP contribution in [-0.4, -0.2) is 5.11 Å². The Hall–Kier alpha value is -0.620. The summed E-state index contributed by atoms with van der Waals surface area (Å²) in [5.41, 5.74) is 1.79. The van der Waals surface area contributed by atoms with Gasteiger partial charge in [-0.3, -0.25) is 0 Å². The molecule has 4 heteroatoms. The van der Waals surface area contributed by atoms with E-state index in [4.69, 9.17) is 11.6 Å². The van der Waals surface area contributed by atoms with Crippen molar-refractivity contribution in [3.63, 3.8) is 0 Å². The monoisotopic (exact) mass is 400 g/mol. The van der Waals surface area contributed by atoms with Gasteiger partial charge >= 0.3 is 0 Å². The van der Waals surface area contributed by atoms with E-state index in [0.29, 0.717) is 5.02 Å². The first-order valence-corrected chi connectivity index (χ1v) is 8.09. The molecule has 1 unspecified atom stereocenters. The molecule has 0 aliphatic rings. The molecule has 1 aromatic heterocycles. The summed E-state index contributed by atoms with van der Waals surface area (Å²) in [6.07, 6.45) is -0.645. The number of aliphatic hydroxyl groups is 1. The summed E-state index contributed by atoms with van der Waals surface area (Å²) in [5.74, 6) is 0. The van der Waals surface area contributed by atoms with E-state index in [1.54, 1.807) is 11.3 Å². The van der Waals surface area contributed by atoms with Gasteiger partial charge in [0.2, 0.25) is 0 Å². The van der Waals surface area contributed by atoms with Crippen LogP contribution in [0.3, 0.4) is 0 Å². The highest BCUT2D eigenvalue weighted by molar-refractivity contribution is 14.1. The van der Waals surface area contributed by atoms with E-state index in [0.717, 1.165) is 19.4 Å². The Morgan fingerprint density at radius 1 is 1.11 bits per heavy atom. The summed E-state index contributed by atoms with van der Waals surface area (Å²) in [7, 11) is 0. The minimum Gasteiger partial charge on any atom is -0.384 e. The largest absolute Gasteiger partial charge is 0.384 e. The van der Waals surface area contributed by atoms with E-state index >= 15 is 0 Å². The molecule has 0 aliphatic heterocycles. The zero-order chi connectivity index (χ0) is 13.4. The van der Waals surface area contributed by atoms with Crippen molar-refractivity contribution >= 4 is 55.6 Å². The first-order chi connectivity index (χ1) is 9.16. The Kier molecular flexibility index (Phi) is 3.80. The quantitative estimate of drug-likeness (QED) is 0.583. The van der Waals surface area contributed by atoms with Gasteiger partial charge in [-0.1, -0.05) is 29.8 Å². The van der Waals surface area contributed by atoms with Crippen LogP contribution in [-0.2, 0) is 0 Å². The van der Waals surface area contributed by atoms with Crippen molar-refractivity contribution in [3.05, 3.63) is 67.6 Å². The van der Waals surface area contributed by atoms with Crippen LogP contribution in [0, 0.1) is 3.57 Å². The highest BCUT2D eigenvalue weighted by atomic mass is 127. The summed E-state index contributed by atoms with van der Waals surface area (Å²) in [6, 6.07) is 13.7. The molecule has 1 nitrogen and oxygen atoms in total. The molecule has 96 valence electrons. The standard InChI is InChI=1S/C15H10ClIOS/c16-10-4-5-13(17)12(8-10)14(18)11-3-1-2-9-6-7-19-15(9)11/h1-8,14,18H. The van der Waals surface area contributed by atoms with Crippen molar-refractivity contribution in [2.24, 2.45) is 0 Å². The van der Waals surface area contributed by atoms with E-state index in [2.05, 4.69) is 34.7 Å². The van der Waals surface area contributed by atoms with Crippen LogP contribution in [0.25, 0.3) is 10.1 Å². The number of rotatable bonds is 2. The second-order valence-corrected chi connectivity index (χ2v) is 6.77. The normalized spacial score (nSPS) is 12.8. The van der Waals surface area contributed by atoms with Crippen molar-refractivity contribution in [2.45, 2.75) is 6.10 Å². The smallest absolute Gasteiger partial charge is 0.107 e. The molecule has 19 heavy (non-hydrogen) atoms. The molecule has 1 atom stereocenters. The maximum Gasteiger partial charge on any atom is 0.107 e. The van der Waals surface area contributed by atoms with Gasteiger partial charge in [0.25, 0.3) is 0 Å². The molecule has 0 saturated heterocycles. The van der Waals surface area contributed by atoms with Gasteiger partial charge in [-0.05, 0) is 63.2 Å². The van der Waals surface area contributed by atoms with Crippen molar-refractivity contribution in [1.82, 2.24) is 0 Å². The van der Waals surface area contributed by atoms with Crippen LogP contribution in [0.2, 0.25) is 5.02 Å². The molecule has 0 spiro atoms. The molecular formula is C15H10ClIOS. The second-order valence-electron chi connectivity index (χ2n) is 4.25. The van der Waals surface area contributed by atoms with Crippen LogP contribution in [0.1, 0.15) is 17.2 Å². The lowest BCUT2D eigenvalue weighted by molar-refractivity contribution is 0.221. The van der Waals surface area contributed by atoms with E-state index in [1.165, 1.54) is 5.39 Å². The van der Waals surface area contributed by atoms with Crippen molar-refractivity contribution in [3.8, 4) is 0 Å². The second kappa shape index (κ2) is 5.40. The number of halogens is 2. The minimum absolute atomic E-state index is 0.645. The van der Waals surface area contributed by atoms with Crippen LogP contribution in [0.15, 0.2) is 47.8 Å². The van der Waals surface area contributed by atoms with Gasteiger partial charge < -0.3 is 5.11 Å². The number of aliphatic hydroxyl groups excluding tert-OH is 1. The maximum atomic E-state index is 10.7. The number of thiophene rings is 1. The van der Waals surface area contributed by atoms with Gasteiger partial charge in [-0.2, -0.15) is 0 Å². The summed E-state index contributed by atoms with van der Waals surface area (Å²) >= 11 is 9.91. The van der Waals surface area contributed by atoms with Gasteiger partial charge in [0, 0.05) is 18.9 Å². The van der Waals surface area contributed by atoms with E-state index in [-0.39, 0.29) is 0 Å². The van der Waals surface area contributed by atoms with Gasteiger partial charge in [-0.25, -0.2) is 0 Å². The predicted molar refractivity (Wildman–Crippen MR) is 90.1 cm³/mol. The number of hydrogen-bond donors (Lipinski definition) is 1. The molecule has 0 fully saturated rings. The van der Waals surface area contributed by atoms with E-state index in [1.807, 2.05) is 35.7 Å². The highest BCUT2D eigenvalue weighted by Gasteiger charge is 2.17. The third-order valence-electron chi connectivity index (χ3n) is 3.06. The number of hydrogen-bond acceptors (Lipinski definition) is 2. The molecule has 0 saturated carbocycles. The van der Waals surface area contributed by atoms with Gasteiger partial charge in [0.05, 0.1) is 0 Å². The SMILES string of the molecule is OC(c1cc(Cl)ccc1I)c1cccc2ccsc12. The highest BCUT2D eigenvalue weighted by Crippen LogP contribution is 2.34. The van der Waals surface area contributed by atoms with Gasteiger partial charge in [-0.15, -0.1) is 11.3 Å². The molecule has 0 aliphatic carbocycles. The van der Waals surface area contributed by atoms with Gasteiger partial charge in [0.1, 0.15) is 6.10 Å². The average Bonchev–Trinajstić information content (AvgIpc) is 2.89. The first-order valence-electron chi connectivity index (χ1n) is 5.76. The van der Waals surface area contributed by atoms with Crippen molar-refractivity contribution in [1.29, 1.82) is 0 Å². The van der Waals surface area contributed by atoms with Crippen molar-refractivity contribution < 1.29 is 5.11 Å². The van der Waals surface area contributed by atoms with E-state index < -0.39 is 6.10 Å². The molecule has 1 heterocycles. The third kappa shape index (κ3) is 2.52. The molecule has 0 amide bonds. The topological polar surface area (TPSA) is 20.2 Å². The summed E-state index contributed by atoms with van der Waals surface area (Å²) in [6.45, 7) is 0. The maximum absolute atomic E-state index is 10.7. The molecule has 1 N–H and O–H groups in total. The molecular weight excluding hydrogens is 391 g/mol. The van der Waals surface area contributed by atoms with Crippen LogP contribution >= 0.6 is 45.5 Å². The Morgan fingerprint density at radius 3 is 2.79 bits per heavy atom. The zero-order valence-corrected chi connectivity index (χ0v) is 13.5. The molecule has 2 aromatic carbocycles. The van der Waals surface area contributed by atoms with Crippen LogP contribution in [0.5, 0.6) is 0 Å². The Labute approximate surface area is 134 Å². The molecule has 3 rings (SSSR count). The van der Waals surface area contributed by atoms with Crippen LogP contribution in [0.4, 0.5) is 0 Å². The summed E-state index contributed by atoms with van der Waals surface area (Å²) < 4.78 is 2.15. The predicted octanol–water partition coefficient (Wildman–Crippen LogP) is 5.24. The van der Waals surface area contributed by atoms with Gasteiger partial charge in [0.15, 0.2) is 0 Å². The fraction of sp³-hybridized carbons (Fsp3) is 0.0667. The third-order valence-corrected chi connectivity index (χ3v) is 5.25. The van der Waals surface area contributed by atoms with E-state index in [9.17, 15) is 5.11 Å². The minimum atomic E-state index is -0.645. The lowest BCUT2D eigenvalue weighted by atomic mass is 10.0. The summed E-state index contributed by atoms with van der Waals surface area (Å²) in [4.78, 5) is 0. The zero-order valence-electron chi connectivity index (χ0n) is 9.81.